The molecule has 0 saturated heterocycles. The summed E-state index contributed by atoms with van der Waals surface area (Å²) in [6.07, 6.45) is 4.16. The molecule has 0 aromatic heterocycles. The number of hydrogen-bond acceptors (Lipinski definition) is 6. The lowest BCUT2D eigenvalue weighted by atomic mass is 9.85. The first-order chi connectivity index (χ1) is 12.1. The first kappa shape index (κ1) is 20.2. The van der Waals surface area contributed by atoms with E-state index in [0.29, 0.717) is 12.1 Å². The highest BCUT2D eigenvalue weighted by Gasteiger charge is 2.28. The number of carbonyl (C=O) groups excluding carboxylic acids is 1. The standard InChI is InChI=1S/C17H25N3O5S/c1-11(2)18-17(21)12-5-4-6-13(9-12)19-14-7-8-15(20(22)23)16(10-14)26(3,24)25/h7-8,10-13,19H,4-6,9H2,1-3H3,(H,18,21). The molecule has 26 heavy (non-hydrogen) atoms. The fourth-order valence-corrected chi connectivity index (χ4v) is 4.11. The summed E-state index contributed by atoms with van der Waals surface area (Å²) in [7, 11) is -3.73. The molecular formula is C17H25N3O5S. The molecule has 1 aromatic rings. The Balaban J connectivity index is 2.15. The second kappa shape index (κ2) is 8.03. The average molecular weight is 383 g/mol. The third-order valence-electron chi connectivity index (χ3n) is 4.40. The fraction of sp³-hybridized carbons (Fsp3) is 0.588. The van der Waals surface area contributed by atoms with E-state index in [0.717, 1.165) is 25.5 Å². The van der Waals surface area contributed by atoms with Gasteiger partial charge in [0, 0.05) is 36.0 Å². The van der Waals surface area contributed by atoms with Gasteiger partial charge in [-0.05, 0) is 45.2 Å². The number of nitrogens with one attached hydrogen (secondary N) is 2. The second-order valence-corrected chi connectivity index (χ2v) is 9.06. The molecule has 1 fully saturated rings. The number of benzene rings is 1. The Labute approximate surface area is 153 Å². The van der Waals surface area contributed by atoms with Gasteiger partial charge in [-0.3, -0.25) is 14.9 Å². The Bertz CT molecular complexity index is 792. The Morgan fingerprint density at radius 2 is 2.00 bits per heavy atom. The van der Waals surface area contributed by atoms with Crippen LogP contribution in [0, 0.1) is 16.0 Å². The van der Waals surface area contributed by atoms with Gasteiger partial charge in [0.2, 0.25) is 5.91 Å². The number of nitro groups is 1. The zero-order valence-electron chi connectivity index (χ0n) is 15.2. The molecule has 2 atom stereocenters. The second-order valence-electron chi connectivity index (χ2n) is 7.08. The number of nitrogens with zero attached hydrogens (tertiary/aromatic N) is 1. The topological polar surface area (TPSA) is 118 Å². The van der Waals surface area contributed by atoms with Gasteiger partial charge < -0.3 is 10.6 Å². The molecule has 8 nitrogen and oxygen atoms in total. The van der Waals surface area contributed by atoms with E-state index in [-0.39, 0.29) is 28.8 Å². The summed E-state index contributed by atoms with van der Waals surface area (Å²) < 4.78 is 23.7. The average Bonchev–Trinajstić information content (AvgIpc) is 2.53. The normalized spacial score (nSPS) is 20.6. The highest BCUT2D eigenvalue weighted by atomic mass is 32.2. The molecular weight excluding hydrogens is 358 g/mol. The van der Waals surface area contributed by atoms with E-state index in [1.807, 2.05) is 13.8 Å². The smallest absolute Gasteiger partial charge is 0.288 e. The monoisotopic (exact) mass is 383 g/mol. The van der Waals surface area contributed by atoms with Crippen LogP contribution in [0.3, 0.4) is 0 Å². The lowest BCUT2D eigenvalue weighted by Crippen LogP contribution is -2.40. The number of anilines is 1. The summed E-state index contributed by atoms with van der Waals surface area (Å²) >= 11 is 0. The molecule has 2 unspecified atom stereocenters. The molecule has 2 rings (SSSR count). The molecule has 1 aromatic carbocycles. The van der Waals surface area contributed by atoms with Gasteiger partial charge in [-0.15, -0.1) is 0 Å². The predicted molar refractivity (Wildman–Crippen MR) is 98.9 cm³/mol. The maximum absolute atomic E-state index is 12.2. The van der Waals surface area contributed by atoms with Gasteiger partial charge in [-0.25, -0.2) is 8.42 Å². The summed E-state index contributed by atoms with van der Waals surface area (Å²) in [6.45, 7) is 3.83. The van der Waals surface area contributed by atoms with E-state index in [4.69, 9.17) is 0 Å². The van der Waals surface area contributed by atoms with Crippen LogP contribution in [0.5, 0.6) is 0 Å². The molecule has 1 amide bonds. The van der Waals surface area contributed by atoms with Crippen molar-refractivity contribution >= 4 is 27.1 Å². The molecule has 1 saturated carbocycles. The van der Waals surface area contributed by atoms with Gasteiger partial charge >= 0.3 is 0 Å². The molecule has 144 valence electrons. The Morgan fingerprint density at radius 3 is 2.58 bits per heavy atom. The number of carbonyl (C=O) groups is 1. The highest BCUT2D eigenvalue weighted by molar-refractivity contribution is 7.90. The fourth-order valence-electron chi connectivity index (χ4n) is 3.25. The molecule has 1 aliphatic carbocycles. The molecule has 1 aliphatic rings. The van der Waals surface area contributed by atoms with Crippen molar-refractivity contribution in [3.8, 4) is 0 Å². The summed E-state index contributed by atoms with van der Waals surface area (Å²) in [5.41, 5.74) is 0.0711. The summed E-state index contributed by atoms with van der Waals surface area (Å²) in [5, 5.41) is 17.2. The first-order valence-electron chi connectivity index (χ1n) is 8.63. The van der Waals surface area contributed by atoms with Crippen molar-refractivity contribution in [1.29, 1.82) is 0 Å². The van der Waals surface area contributed by atoms with Gasteiger partial charge in [0.1, 0.15) is 4.90 Å². The quantitative estimate of drug-likeness (QED) is 0.575. The van der Waals surface area contributed by atoms with E-state index in [9.17, 15) is 23.3 Å². The van der Waals surface area contributed by atoms with Gasteiger partial charge in [0.15, 0.2) is 9.84 Å². The maximum Gasteiger partial charge on any atom is 0.288 e. The molecule has 0 bridgehead atoms. The highest BCUT2D eigenvalue weighted by Crippen LogP contribution is 2.30. The van der Waals surface area contributed by atoms with Gasteiger partial charge in [-0.1, -0.05) is 6.42 Å². The maximum atomic E-state index is 12.2. The molecule has 0 heterocycles. The summed E-state index contributed by atoms with van der Waals surface area (Å²) in [6, 6.07) is 4.10. The van der Waals surface area contributed by atoms with Crippen LogP contribution in [0.15, 0.2) is 23.1 Å². The summed E-state index contributed by atoms with van der Waals surface area (Å²) in [4.78, 5) is 22.3. The van der Waals surface area contributed by atoms with Crippen molar-refractivity contribution < 1.29 is 18.1 Å². The SMILES string of the molecule is CC(C)NC(=O)C1CCCC(Nc2ccc([N+](=O)[O-])c(S(C)(=O)=O)c2)C1. The van der Waals surface area contributed by atoms with Gasteiger partial charge in [0.05, 0.1) is 4.92 Å². The van der Waals surface area contributed by atoms with Crippen molar-refractivity contribution in [2.45, 2.75) is 56.5 Å². The van der Waals surface area contributed by atoms with E-state index in [1.165, 1.54) is 18.2 Å². The number of hydrogen-bond donors (Lipinski definition) is 2. The van der Waals surface area contributed by atoms with Crippen LogP contribution < -0.4 is 10.6 Å². The number of sulfone groups is 1. The van der Waals surface area contributed by atoms with Crippen LogP contribution in [0.25, 0.3) is 0 Å². The minimum Gasteiger partial charge on any atom is -0.382 e. The third-order valence-corrected chi connectivity index (χ3v) is 5.53. The zero-order valence-corrected chi connectivity index (χ0v) is 16.0. The lowest BCUT2D eigenvalue weighted by Gasteiger charge is -2.30. The van der Waals surface area contributed by atoms with E-state index in [1.54, 1.807) is 0 Å². The lowest BCUT2D eigenvalue weighted by molar-refractivity contribution is -0.387. The minimum atomic E-state index is -3.73. The van der Waals surface area contributed by atoms with Crippen LogP contribution >= 0.6 is 0 Å². The molecule has 0 aliphatic heterocycles. The molecule has 2 N–H and O–H groups in total. The van der Waals surface area contributed by atoms with Crippen molar-refractivity contribution in [2.24, 2.45) is 5.92 Å². The van der Waals surface area contributed by atoms with E-state index >= 15 is 0 Å². The van der Waals surface area contributed by atoms with Crippen LogP contribution in [-0.4, -0.2) is 37.6 Å². The van der Waals surface area contributed by atoms with Crippen molar-refractivity contribution in [1.82, 2.24) is 5.32 Å². The third kappa shape index (κ3) is 5.17. The summed E-state index contributed by atoms with van der Waals surface area (Å²) in [5.74, 6) is -0.0527. The van der Waals surface area contributed by atoms with E-state index < -0.39 is 20.4 Å². The first-order valence-corrected chi connectivity index (χ1v) is 10.5. The molecule has 0 spiro atoms. The number of nitro benzene ring substituents is 1. The van der Waals surface area contributed by atoms with E-state index in [2.05, 4.69) is 10.6 Å². The molecule has 9 heteroatoms. The predicted octanol–water partition coefficient (Wildman–Crippen LogP) is 2.49. The zero-order chi connectivity index (χ0) is 19.5. The van der Waals surface area contributed by atoms with Crippen LogP contribution in [-0.2, 0) is 14.6 Å². The number of rotatable bonds is 6. The Hall–Kier alpha value is -2.16. The van der Waals surface area contributed by atoms with Crippen LogP contribution in [0.2, 0.25) is 0 Å². The van der Waals surface area contributed by atoms with Crippen molar-refractivity contribution in [3.05, 3.63) is 28.3 Å². The van der Waals surface area contributed by atoms with Crippen LogP contribution in [0.1, 0.15) is 39.5 Å². The largest absolute Gasteiger partial charge is 0.382 e. The van der Waals surface area contributed by atoms with Gasteiger partial charge in [-0.2, -0.15) is 0 Å². The minimum absolute atomic E-state index is 0.0144. The Morgan fingerprint density at radius 1 is 1.31 bits per heavy atom. The van der Waals surface area contributed by atoms with Gasteiger partial charge in [0.25, 0.3) is 5.69 Å². The number of amides is 1. The Kier molecular flexibility index (Phi) is 6.22. The molecule has 0 radical (unpaired) electrons. The van der Waals surface area contributed by atoms with Crippen LogP contribution in [0.4, 0.5) is 11.4 Å². The van der Waals surface area contributed by atoms with Crippen molar-refractivity contribution in [3.63, 3.8) is 0 Å². The van der Waals surface area contributed by atoms with Crippen molar-refractivity contribution in [2.75, 3.05) is 11.6 Å².